The zero-order chi connectivity index (χ0) is 14.0. The lowest BCUT2D eigenvalue weighted by atomic mass is 10.1. The van der Waals surface area contributed by atoms with Gasteiger partial charge in [-0.15, -0.1) is 11.3 Å². The molecular weight excluding hydrogens is 299 g/mol. The van der Waals surface area contributed by atoms with Gasteiger partial charge >= 0.3 is 0 Å². The molecule has 1 aromatic carbocycles. The number of nitrogens with zero attached hydrogens (tertiary/aromatic N) is 1. The fraction of sp³-hybridized carbons (Fsp3) is 0.357. The Morgan fingerprint density at radius 3 is 2.58 bits per heavy atom. The second kappa shape index (κ2) is 6.23. The van der Waals surface area contributed by atoms with Crippen molar-refractivity contribution in [2.75, 3.05) is 0 Å². The van der Waals surface area contributed by atoms with E-state index in [0.29, 0.717) is 16.0 Å². The molecule has 0 saturated heterocycles. The number of rotatable bonds is 4. The van der Waals surface area contributed by atoms with Crippen molar-refractivity contribution in [3.63, 3.8) is 0 Å². The van der Waals surface area contributed by atoms with Crippen LogP contribution in [0.15, 0.2) is 23.6 Å². The Balaban J connectivity index is 2.11. The highest BCUT2D eigenvalue weighted by Gasteiger charge is 2.12. The first kappa shape index (κ1) is 14.8. The molecule has 1 unspecified atom stereocenters. The summed E-state index contributed by atoms with van der Waals surface area (Å²) < 4.78 is 0. The summed E-state index contributed by atoms with van der Waals surface area (Å²) in [6.07, 6.45) is 0.718. The van der Waals surface area contributed by atoms with E-state index in [1.54, 1.807) is 17.4 Å². The van der Waals surface area contributed by atoms with Gasteiger partial charge in [0.2, 0.25) is 0 Å². The molecule has 19 heavy (non-hydrogen) atoms. The van der Waals surface area contributed by atoms with Gasteiger partial charge in [-0.25, -0.2) is 4.98 Å². The molecule has 5 heteroatoms. The number of thiazole rings is 1. The molecule has 1 heterocycles. The molecule has 0 radical (unpaired) electrons. The van der Waals surface area contributed by atoms with Crippen molar-refractivity contribution in [3.05, 3.63) is 49.9 Å². The third-order valence-electron chi connectivity index (χ3n) is 2.93. The van der Waals surface area contributed by atoms with Crippen molar-refractivity contribution >= 4 is 34.5 Å². The minimum atomic E-state index is -0.110. The second-order valence-corrected chi connectivity index (χ2v) is 6.56. The van der Waals surface area contributed by atoms with Gasteiger partial charge in [-0.1, -0.05) is 43.1 Å². The molecule has 2 rings (SSSR count). The number of hydrogen-bond acceptors (Lipinski definition) is 3. The summed E-state index contributed by atoms with van der Waals surface area (Å²) in [7, 11) is 0. The molecule has 0 amide bonds. The van der Waals surface area contributed by atoms with E-state index in [-0.39, 0.29) is 6.04 Å². The van der Waals surface area contributed by atoms with Crippen LogP contribution >= 0.6 is 34.5 Å². The number of halogens is 2. The average Bonchev–Trinajstić information content (AvgIpc) is 2.81. The van der Waals surface area contributed by atoms with Crippen LogP contribution in [0.4, 0.5) is 0 Å². The first-order chi connectivity index (χ1) is 8.97. The van der Waals surface area contributed by atoms with E-state index in [9.17, 15) is 0 Å². The topological polar surface area (TPSA) is 38.9 Å². The van der Waals surface area contributed by atoms with Crippen molar-refractivity contribution in [2.45, 2.75) is 32.2 Å². The molecule has 0 saturated carbocycles. The maximum atomic E-state index is 6.20. The molecule has 1 aromatic heterocycles. The van der Waals surface area contributed by atoms with Crippen LogP contribution < -0.4 is 5.73 Å². The van der Waals surface area contributed by atoms with Crippen LogP contribution in [0.2, 0.25) is 10.0 Å². The van der Waals surface area contributed by atoms with Gasteiger partial charge in [0.15, 0.2) is 0 Å². The summed E-state index contributed by atoms with van der Waals surface area (Å²) in [5, 5.41) is 4.24. The summed E-state index contributed by atoms with van der Waals surface area (Å²) in [6.45, 7) is 4.27. The van der Waals surface area contributed by atoms with Gasteiger partial charge in [0.1, 0.15) is 0 Å². The third kappa shape index (κ3) is 3.69. The molecule has 0 aliphatic rings. The Morgan fingerprint density at radius 1 is 1.26 bits per heavy atom. The number of benzene rings is 1. The van der Waals surface area contributed by atoms with Crippen molar-refractivity contribution in [1.82, 2.24) is 4.98 Å². The second-order valence-electron chi connectivity index (χ2n) is 4.80. The molecule has 0 aliphatic heterocycles. The van der Waals surface area contributed by atoms with Crippen molar-refractivity contribution in [3.8, 4) is 0 Å². The zero-order valence-electron chi connectivity index (χ0n) is 10.9. The minimum Gasteiger partial charge on any atom is -0.324 e. The van der Waals surface area contributed by atoms with Crippen molar-refractivity contribution < 1.29 is 0 Å². The quantitative estimate of drug-likeness (QED) is 0.879. The summed E-state index contributed by atoms with van der Waals surface area (Å²) in [4.78, 5) is 4.59. The Hall–Kier alpha value is -0.610. The Labute approximate surface area is 127 Å². The standard InChI is InChI=1S/C14H16Cl2N2S/c1-8(2)13-7-19-14(18-13)6-12(17)9-3-4-10(15)11(16)5-9/h3-5,7-8,12H,6,17H2,1-2H3. The lowest BCUT2D eigenvalue weighted by Crippen LogP contribution is -2.13. The summed E-state index contributed by atoms with van der Waals surface area (Å²) >= 11 is 13.6. The smallest absolute Gasteiger partial charge is 0.0947 e. The third-order valence-corrected chi connectivity index (χ3v) is 4.56. The van der Waals surface area contributed by atoms with E-state index >= 15 is 0 Å². The van der Waals surface area contributed by atoms with E-state index in [0.717, 1.165) is 22.7 Å². The number of aromatic nitrogens is 1. The number of nitrogens with two attached hydrogens (primary N) is 1. The SMILES string of the molecule is CC(C)c1csc(CC(N)c2ccc(Cl)c(Cl)c2)n1. The van der Waals surface area contributed by atoms with Crippen LogP contribution in [0.3, 0.4) is 0 Å². The van der Waals surface area contributed by atoms with Gasteiger partial charge in [0.25, 0.3) is 0 Å². The largest absolute Gasteiger partial charge is 0.324 e. The van der Waals surface area contributed by atoms with E-state index in [4.69, 9.17) is 28.9 Å². The van der Waals surface area contributed by atoms with E-state index < -0.39 is 0 Å². The predicted molar refractivity (Wildman–Crippen MR) is 83.3 cm³/mol. The van der Waals surface area contributed by atoms with Crippen molar-refractivity contribution in [1.29, 1.82) is 0 Å². The minimum absolute atomic E-state index is 0.110. The van der Waals surface area contributed by atoms with E-state index in [1.807, 2.05) is 12.1 Å². The van der Waals surface area contributed by atoms with Crippen LogP contribution in [0.1, 0.15) is 42.1 Å². The van der Waals surface area contributed by atoms with Crippen molar-refractivity contribution in [2.24, 2.45) is 5.73 Å². The van der Waals surface area contributed by atoms with Crippen LogP contribution in [-0.2, 0) is 6.42 Å². The molecule has 2 N–H and O–H groups in total. The molecule has 102 valence electrons. The van der Waals surface area contributed by atoms with Crippen LogP contribution in [0, 0.1) is 0 Å². The van der Waals surface area contributed by atoms with Gasteiger partial charge in [0, 0.05) is 17.8 Å². The highest BCUT2D eigenvalue weighted by Crippen LogP contribution is 2.27. The van der Waals surface area contributed by atoms with Gasteiger partial charge in [-0.3, -0.25) is 0 Å². The molecule has 2 nitrogen and oxygen atoms in total. The highest BCUT2D eigenvalue weighted by atomic mass is 35.5. The molecule has 2 aromatic rings. The summed E-state index contributed by atoms with van der Waals surface area (Å²) in [5.74, 6) is 0.450. The Kier molecular flexibility index (Phi) is 4.85. The van der Waals surface area contributed by atoms with Gasteiger partial charge in [-0.05, 0) is 23.6 Å². The first-order valence-electron chi connectivity index (χ1n) is 6.12. The molecule has 0 bridgehead atoms. The van der Waals surface area contributed by atoms with Gasteiger partial charge < -0.3 is 5.73 Å². The zero-order valence-corrected chi connectivity index (χ0v) is 13.2. The van der Waals surface area contributed by atoms with Gasteiger partial charge in [0.05, 0.1) is 20.7 Å². The maximum absolute atomic E-state index is 6.20. The lowest BCUT2D eigenvalue weighted by molar-refractivity contribution is 0.710. The van der Waals surface area contributed by atoms with Crippen LogP contribution in [0.25, 0.3) is 0 Å². The lowest BCUT2D eigenvalue weighted by Gasteiger charge is -2.11. The monoisotopic (exact) mass is 314 g/mol. The Morgan fingerprint density at radius 2 is 2.00 bits per heavy atom. The summed E-state index contributed by atoms with van der Waals surface area (Å²) in [6, 6.07) is 5.41. The average molecular weight is 315 g/mol. The molecular formula is C14H16Cl2N2S. The fourth-order valence-electron chi connectivity index (χ4n) is 1.73. The molecule has 0 aliphatic carbocycles. The molecule has 1 atom stereocenters. The first-order valence-corrected chi connectivity index (χ1v) is 7.75. The Bertz CT molecular complexity index is 566. The van der Waals surface area contributed by atoms with Crippen LogP contribution in [-0.4, -0.2) is 4.98 Å². The highest BCUT2D eigenvalue weighted by molar-refractivity contribution is 7.09. The maximum Gasteiger partial charge on any atom is 0.0947 e. The van der Waals surface area contributed by atoms with E-state index in [1.165, 1.54) is 0 Å². The number of hydrogen-bond donors (Lipinski definition) is 1. The predicted octanol–water partition coefficient (Wildman–Crippen LogP) is 4.82. The normalized spacial score (nSPS) is 12.9. The van der Waals surface area contributed by atoms with Crippen LogP contribution in [0.5, 0.6) is 0 Å². The fourth-order valence-corrected chi connectivity index (χ4v) is 3.06. The van der Waals surface area contributed by atoms with Gasteiger partial charge in [-0.2, -0.15) is 0 Å². The molecule has 0 spiro atoms. The summed E-state index contributed by atoms with van der Waals surface area (Å²) in [5.41, 5.74) is 8.30. The van der Waals surface area contributed by atoms with E-state index in [2.05, 4.69) is 24.2 Å². The molecule has 0 fully saturated rings.